The number of nitrogens with zero attached hydrogens (tertiary/aromatic N) is 3. The smallest absolute Gasteiger partial charge is 0.335 e. The Labute approximate surface area is 225 Å². The lowest BCUT2D eigenvalue weighted by molar-refractivity contribution is 0.0697. The Bertz CT molecular complexity index is 1310. The first kappa shape index (κ1) is 24.8. The second-order valence-electron chi connectivity index (χ2n) is 11.3. The minimum absolute atomic E-state index is 0.361. The van der Waals surface area contributed by atoms with E-state index in [0.717, 1.165) is 43.1 Å². The number of halogens is 1. The van der Waals surface area contributed by atoms with Crippen molar-refractivity contribution in [1.82, 2.24) is 9.47 Å². The van der Waals surface area contributed by atoms with E-state index in [4.69, 9.17) is 11.6 Å². The van der Waals surface area contributed by atoms with Crippen LogP contribution in [0.3, 0.4) is 0 Å². The fraction of sp³-hybridized carbons (Fsp3) is 0.516. The lowest BCUT2D eigenvalue weighted by Gasteiger charge is -2.28. The quantitative estimate of drug-likeness (QED) is 0.368. The number of aromatic carboxylic acids is 1. The molecule has 1 unspecified atom stereocenters. The van der Waals surface area contributed by atoms with Gasteiger partial charge in [0.15, 0.2) is 0 Å². The van der Waals surface area contributed by atoms with E-state index in [1.54, 1.807) is 6.07 Å². The average Bonchev–Trinajstić information content (AvgIpc) is 3.41. The Morgan fingerprint density at radius 3 is 2.57 bits per heavy atom. The predicted octanol–water partition coefficient (Wildman–Crippen LogP) is 7.40. The molecule has 0 bridgehead atoms. The molecular weight excluding hydrogens is 482 g/mol. The molecule has 2 aliphatic heterocycles. The standard InChI is InChI=1S/C31H38ClN3O2/c1-21-7-5-14-33(21)15-6-16-34-17-18-35-28-19-23(31(36)37)10-12-25(28)29(22-8-3-2-4-9-22)30(35)26-13-11-24(32)20-27(26)34/h10-13,19-22H,2-9,14-18H2,1H3,(H,36,37). The number of carbonyl (C=O) groups is 1. The van der Waals surface area contributed by atoms with Gasteiger partial charge in [-0.2, -0.15) is 0 Å². The van der Waals surface area contributed by atoms with Crippen LogP contribution in [0.5, 0.6) is 0 Å². The van der Waals surface area contributed by atoms with Crippen LogP contribution in [0, 0.1) is 0 Å². The van der Waals surface area contributed by atoms with E-state index < -0.39 is 5.97 Å². The van der Waals surface area contributed by atoms with Gasteiger partial charge in [-0.1, -0.05) is 36.9 Å². The van der Waals surface area contributed by atoms with E-state index in [2.05, 4.69) is 39.5 Å². The van der Waals surface area contributed by atoms with Crippen molar-refractivity contribution >= 4 is 34.2 Å². The average molecular weight is 520 g/mol. The number of fused-ring (bicyclic) bond motifs is 5. The van der Waals surface area contributed by atoms with Crippen molar-refractivity contribution in [2.24, 2.45) is 0 Å². The van der Waals surface area contributed by atoms with Gasteiger partial charge < -0.3 is 19.5 Å². The van der Waals surface area contributed by atoms with Crippen LogP contribution in [0.15, 0.2) is 36.4 Å². The molecular formula is C31H38ClN3O2. The van der Waals surface area contributed by atoms with Gasteiger partial charge in [0.05, 0.1) is 11.3 Å². The normalized spacial score (nSPS) is 20.7. The molecule has 3 heterocycles. The summed E-state index contributed by atoms with van der Waals surface area (Å²) in [5, 5.41) is 11.8. The van der Waals surface area contributed by atoms with Crippen LogP contribution in [-0.4, -0.2) is 52.8 Å². The number of hydrogen-bond donors (Lipinski definition) is 1. The van der Waals surface area contributed by atoms with Gasteiger partial charge in [0.1, 0.15) is 0 Å². The molecule has 1 aromatic heterocycles. The monoisotopic (exact) mass is 519 g/mol. The minimum atomic E-state index is -0.866. The van der Waals surface area contributed by atoms with Crippen LogP contribution in [-0.2, 0) is 6.54 Å². The van der Waals surface area contributed by atoms with Crippen LogP contribution in [0.2, 0.25) is 5.02 Å². The largest absolute Gasteiger partial charge is 0.478 e. The van der Waals surface area contributed by atoms with Gasteiger partial charge in [0.25, 0.3) is 0 Å². The summed E-state index contributed by atoms with van der Waals surface area (Å²) >= 11 is 6.59. The number of rotatable bonds is 6. The number of benzene rings is 2. The molecule has 3 aromatic rings. The number of hydrogen-bond acceptors (Lipinski definition) is 3. The van der Waals surface area contributed by atoms with Crippen LogP contribution in [0.4, 0.5) is 5.69 Å². The lowest BCUT2D eigenvalue weighted by atomic mass is 9.81. The minimum Gasteiger partial charge on any atom is -0.478 e. The maximum absolute atomic E-state index is 11.9. The summed E-state index contributed by atoms with van der Waals surface area (Å²) in [6.45, 7) is 7.44. The Kier molecular flexibility index (Phi) is 6.93. The van der Waals surface area contributed by atoms with Crippen molar-refractivity contribution in [1.29, 1.82) is 0 Å². The third-order valence-electron chi connectivity index (χ3n) is 9.08. The molecule has 1 N–H and O–H groups in total. The molecule has 1 saturated carbocycles. The number of likely N-dealkylation sites (tertiary alicyclic amines) is 1. The molecule has 0 spiro atoms. The van der Waals surface area contributed by atoms with E-state index >= 15 is 0 Å². The second-order valence-corrected chi connectivity index (χ2v) is 11.8. The molecule has 196 valence electrons. The number of aromatic nitrogens is 1. The summed E-state index contributed by atoms with van der Waals surface area (Å²) in [6, 6.07) is 12.8. The predicted molar refractivity (Wildman–Crippen MR) is 152 cm³/mol. The van der Waals surface area contributed by atoms with Gasteiger partial charge in [-0.25, -0.2) is 4.79 Å². The van der Waals surface area contributed by atoms with Crippen LogP contribution in [0.25, 0.3) is 22.2 Å². The Balaban J connectivity index is 1.44. The van der Waals surface area contributed by atoms with Gasteiger partial charge in [-0.05, 0) is 87.4 Å². The maximum atomic E-state index is 11.9. The van der Waals surface area contributed by atoms with Gasteiger partial charge in [0.2, 0.25) is 0 Å². The fourth-order valence-corrected chi connectivity index (χ4v) is 7.33. The zero-order valence-corrected chi connectivity index (χ0v) is 22.6. The molecule has 3 aliphatic rings. The third-order valence-corrected chi connectivity index (χ3v) is 9.31. The fourth-order valence-electron chi connectivity index (χ4n) is 7.17. The number of anilines is 1. The summed E-state index contributed by atoms with van der Waals surface area (Å²) in [4.78, 5) is 17.0. The SMILES string of the molecule is CC1CCCN1CCCN1CCn2c(c(C3CCCCC3)c3ccc(C(=O)O)cc32)-c2ccc(Cl)cc21. The molecule has 6 rings (SSSR count). The van der Waals surface area contributed by atoms with Crippen molar-refractivity contribution in [3.8, 4) is 11.3 Å². The van der Waals surface area contributed by atoms with E-state index in [1.165, 1.54) is 79.4 Å². The highest BCUT2D eigenvalue weighted by atomic mass is 35.5. The van der Waals surface area contributed by atoms with Gasteiger partial charge in [-0.15, -0.1) is 0 Å². The zero-order chi connectivity index (χ0) is 25.5. The van der Waals surface area contributed by atoms with Gasteiger partial charge >= 0.3 is 5.97 Å². The van der Waals surface area contributed by atoms with Gasteiger partial charge in [0, 0.05) is 59.4 Å². The Morgan fingerprint density at radius 2 is 1.81 bits per heavy atom. The highest BCUT2D eigenvalue weighted by molar-refractivity contribution is 6.31. The molecule has 1 atom stereocenters. The summed E-state index contributed by atoms with van der Waals surface area (Å²) in [7, 11) is 0. The first-order chi connectivity index (χ1) is 18.0. The Morgan fingerprint density at radius 1 is 0.973 bits per heavy atom. The molecule has 2 fully saturated rings. The molecule has 1 aliphatic carbocycles. The summed E-state index contributed by atoms with van der Waals surface area (Å²) in [6.07, 6.45) is 9.99. The summed E-state index contributed by atoms with van der Waals surface area (Å²) in [5.74, 6) is -0.356. The van der Waals surface area contributed by atoms with Crippen molar-refractivity contribution in [3.63, 3.8) is 0 Å². The van der Waals surface area contributed by atoms with Crippen molar-refractivity contribution in [3.05, 3.63) is 52.5 Å². The van der Waals surface area contributed by atoms with Crippen molar-refractivity contribution < 1.29 is 9.90 Å². The first-order valence-electron chi connectivity index (χ1n) is 14.2. The van der Waals surface area contributed by atoms with E-state index in [-0.39, 0.29) is 0 Å². The first-order valence-corrected chi connectivity index (χ1v) is 14.6. The number of carboxylic acid groups (broad SMARTS) is 1. The van der Waals surface area contributed by atoms with Crippen LogP contribution in [0.1, 0.15) is 80.1 Å². The van der Waals surface area contributed by atoms with Crippen molar-refractivity contribution in [2.45, 2.75) is 76.8 Å². The molecule has 2 aromatic carbocycles. The molecule has 1 saturated heterocycles. The van der Waals surface area contributed by atoms with E-state index in [0.29, 0.717) is 17.5 Å². The highest BCUT2D eigenvalue weighted by Crippen LogP contribution is 2.48. The van der Waals surface area contributed by atoms with Crippen LogP contribution >= 0.6 is 11.6 Å². The molecule has 0 radical (unpaired) electrons. The van der Waals surface area contributed by atoms with E-state index in [1.807, 2.05) is 12.1 Å². The molecule has 6 heteroatoms. The topological polar surface area (TPSA) is 48.7 Å². The third kappa shape index (κ3) is 4.66. The molecule has 37 heavy (non-hydrogen) atoms. The summed E-state index contributed by atoms with van der Waals surface area (Å²) < 4.78 is 2.42. The van der Waals surface area contributed by atoms with E-state index in [9.17, 15) is 9.90 Å². The zero-order valence-electron chi connectivity index (χ0n) is 21.9. The molecule has 0 amide bonds. The second kappa shape index (κ2) is 10.3. The van der Waals surface area contributed by atoms with Crippen LogP contribution < -0.4 is 4.90 Å². The Hall–Kier alpha value is -2.50. The van der Waals surface area contributed by atoms with Gasteiger partial charge in [-0.3, -0.25) is 0 Å². The molecule has 5 nitrogen and oxygen atoms in total. The highest BCUT2D eigenvalue weighted by Gasteiger charge is 2.31. The summed E-state index contributed by atoms with van der Waals surface area (Å²) in [5.41, 5.74) is 6.59. The lowest BCUT2D eigenvalue weighted by Crippen LogP contribution is -2.33. The maximum Gasteiger partial charge on any atom is 0.335 e. The van der Waals surface area contributed by atoms with Crippen molar-refractivity contribution in [2.75, 3.05) is 31.1 Å². The number of carboxylic acids is 1.